The summed E-state index contributed by atoms with van der Waals surface area (Å²) in [6, 6.07) is 33.0. The molecule has 0 aromatic heterocycles. The minimum Gasteiger partial charge on any atom is -0.444 e. The molecule has 62 heavy (non-hydrogen) atoms. The molecule has 0 bridgehead atoms. The molecule has 17 heteroatoms. The molecule has 0 saturated carbocycles. The quantitative estimate of drug-likeness (QED) is 0.0328. The molecule has 1 aliphatic heterocycles. The largest absolute Gasteiger partial charge is 0.444 e. The number of likely N-dealkylation sites (tertiary alicyclic amines) is 1. The van der Waals surface area contributed by atoms with Crippen LogP contribution < -0.4 is 27.0 Å². The Labute approximate surface area is 359 Å². The van der Waals surface area contributed by atoms with Crippen molar-refractivity contribution >= 4 is 48.3 Å². The Morgan fingerprint density at radius 2 is 1.16 bits per heavy atom. The van der Waals surface area contributed by atoms with E-state index < -0.39 is 54.2 Å². The number of aliphatic imine (C=N–C) groups is 2. The van der Waals surface area contributed by atoms with E-state index >= 15 is 0 Å². The molecule has 0 spiro atoms. The second-order valence-corrected chi connectivity index (χ2v) is 14.1. The summed E-state index contributed by atoms with van der Waals surface area (Å²) < 4.78 is 15.9. The van der Waals surface area contributed by atoms with Crippen LogP contribution in [0.1, 0.15) is 47.9 Å². The van der Waals surface area contributed by atoms with Gasteiger partial charge in [-0.2, -0.15) is 0 Å². The molecule has 1 heterocycles. The highest BCUT2D eigenvalue weighted by molar-refractivity contribution is 6.02. The Morgan fingerprint density at radius 3 is 1.65 bits per heavy atom. The maximum Gasteiger partial charge on any atom is 0.414 e. The van der Waals surface area contributed by atoms with Crippen LogP contribution >= 0.6 is 0 Å². The second-order valence-electron chi connectivity index (χ2n) is 14.1. The zero-order chi connectivity index (χ0) is 43.9. The Kier molecular flexibility index (Phi) is 18.0. The normalized spacial score (nSPS) is 14.3. The molecule has 4 aromatic carbocycles. The van der Waals surface area contributed by atoms with E-state index in [0.717, 1.165) is 11.1 Å². The standard InChI is InChI=1S/C45H50N8O9/c46-41(50-43(57)60-29-33-17-7-2-8-18-33)47-25-13-23-36(28-54)48-39(55)38-24-14-26-53(38)40(56)37(27-32-15-5-1-6-16-32)49-42(51-44(58)61-30-34-19-9-3-10-20-34)52-45(59)62-31-35-21-11-4-12-22-35/h1-12,15-22,28,36-38H,13-14,23-27,29-31H2,(H,48,55)(H3,46,47,50,57)(H2,49,51,52,58,59)/t36-,37+,38-/m0/s1. The number of ether oxygens (including phenoxy) is 3. The smallest absolute Gasteiger partial charge is 0.414 e. The highest BCUT2D eigenvalue weighted by Crippen LogP contribution is 2.21. The van der Waals surface area contributed by atoms with Gasteiger partial charge in [0.1, 0.15) is 38.2 Å². The third-order valence-corrected chi connectivity index (χ3v) is 9.44. The number of hydrogen-bond donors (Lipinski definition) is 5. The van der Waals surface area contributed by atoms with Crippen LogP contribution in [-0.4, -0.2) is 84.4 Å². The van der Waals surface area contributed by atoms with E-state index in [2.05, 4.69) is 31.3 Å². The first kappa shape index (κ1) is 45.5. The number of guanidine groups is 2. The van der Waals surface area contributed by atoms with Crippen LogP contribution in [0, 0.1) is 0 Å². The molecule has 17 nitrogen and oxygen atoms in total. The van der Waals surface area contributed by atoms with Crippen molar-refractivity contribution in [2.75, 3.05) is 13.1 Å². The summed E-state index contributed by atoms with van der Waals surface area (Å²) in [6.45, 7) is 0.247. The highest BCUT2D eigenvalue weighted by Gasteiger charge is 2.38. The Hall–Kier alpha value is -7.56. The van der Waals surface area contributed by atoms with E-state index in [0.29, 0.717) is 36.7 Å². The van der Waals surface area contributed by atoms with Crippen molar-refractivity contribution in [2.24, 2.45) is 15.7 Å². The van der Waals surface area contributed by atoms with Crippen molar-refractivity contribution in [1.82, 2.24) is 26.2 Å². The Morgan fingerprint density at radius 1 is 0.694 bits per heavy atom. The van der Waals surface area contributed by atoms with Crippen LogP contribution in [0.3, 0.4) is 0 Å². The minimum atomic E-state index is -1.24. The van der Waals surface area contributed by atoms with Crippen molar-refractivity contribution < 1.29 is 43.0 Å². The van der Waals surface area contributed by atoms with Crippen molar-refractivity contribution in [3.05, 3.63) is 144 Å². The van der Waals surface area contributed by atoms with E-state index in [-0.39, 0.29) is 51.7 Å². The molecule has 5 rings (SSSR count). The lowest BCUT2D eigenvalue weighted by molar-refractivity contribution is -0.139. The van der Waals surface area contributed by atoms with E-state index in [1.54, 1.807) is 72.8 Å². The zero-order valence-electron chi connectivity index (χ0n) is 34.0. The van der Waals surface area contributed by atoms with Gasteiger partial charge in [-0.1, -0.05) is 121 Å². The first-order chi connectivity index (χ1) is 30.2. The fourth-order valence-corrected chi connectivity index (χ4v) is 6.35. The van der Waals surface area contributed by atoms with Gasteiger partial charge in [0.2, 0.25) is 17.8 Å². The third-order valence-electron chi connectivity index (χ3n) is 9.44. The van der Waals surface area contributed by atoms with Crippen LogP contribution in [-0.2, 0) is 54.8 Å². The lowest BCUT2D eigenvalue weighted by Gasteiger charge is -2.28. The number of carbonyl (C=O) groups excluding carboxylic acids is 6. The first-order valence-electron chi connectivity index (χ1n) is 20.1. The van der Waals surface area contributed by atoms with Crippen LogP contribution in [0.2, 0.25) is 0 Å². The summed E-state index contributed by atoms with van der Waals surface area (Å²) in [5, 5.41) is 9.96. The van der Waals surface area contributed by atoms with E-state index in [9.17, 15) is 28.8 Å². The Balaban J connectivity index is 1.23. The number of alkyl carbamates (subject to hydrolysis) is 3. The van der Waals surface area contributed by atoms with Gasteiger partial charge in [-0.25, -0.2) is 19.4 Å². The van der Waals surface area contributed by atoms with Crippen LogP contribution in [0.5, 0.6) is 0 Å². The maximum atomic E-state index is 14.4. The van der Waals surface area contributed by atoms with Gasteiger partial charge >= 0.3 is 18.3 Å². The summed E-state index contributed by atoms with van der Waals surface area (Å²) >= 11 is 0. The van der Waals surface area contributed by atoms with E-state index in [1.807, 2.05) is 48.5 Å². The summed E-state index contributed by atoms with van der Waals surface area (Å²) in [5.41, 5.74) is 8.77. The number of benzene rings is 4. The molecule has 0 radical (unpaired) electrons. The molecule has 1 saturated heterocycles. The average molecular weight is 847 g/mol. The van der Waals surface area contributed by atoms with Crippen LogP contribution in [0.15, 0.2) is 131 Å². The van der Waals surface area contributed by atoms with Gasteiger partial charge in [0.25, 0.3) is 0 Å². The summed E-state index contributed by atoms with van der Waals surface area (Å²) in [5.74, 6) is -1.65. The number of carbonyl (C=O) groups is 6. The number of rotatable bonds is 17. The maximum absolute atomic E-state index is 14.4. The molecule has 5 amide bonds. The molecule has 4 aromatic rings. The molecule has 324 valence electrons. The molecule has 6 N–H and O–H groups in total. The highest BCUT2D eigenvalue weighted by atomic mass is 16.6. The predicted molar refractivity (Wildman–Crippen MR) is 229 cm³/mol. The fraction of sp³-hybridized carbons (Fsp3) is 0.289. The van der Waals surface area contributed by atoms with Gasteiger partial charge in [0, 0.05) is 19.5 Å². The topological polar surface area (TPSA) is 232 Å². The number of amides is 5. The SMILES string of the molecule is NC(=NCCC[C@@H](C=O)NC(=O)[C@@H]1CCCN1C(=O)[C@@H](Cc1ccccc1)N=C(NC(=O)OCc1ccccc1)NC(=O)OCc1ccccc1)NC(=O)OCc1ccccc1. The van der Waals surface area contributed by atoms with Crippen molar-refractivity contribution in [1.29, 1.82) is 0 Å². The van der Waals surface area contributed by atoms with Crippen molar-refractivity contribution in [3.63, 3.8) is 0 Å². The van der Waals surface area contributed by atoms with Gasteiger partial charge in [0.05, 0.1) is 6.04 Å². The second kappa shape index (κ2) is 24.5. The summed E-state index contributed by atoms with van der Waals surface area (Å²) in [4.78, 5) is 88.4. The molecule has 1 aliphatic rings. The molecule has 3 atom stereocenters. The molecule has 1 fully saturated rings. The third kappa shape index (κ3) is 15.6. The van der Waals surface area contributed by atoms with Crippen LogP contribution in [0.4, 0.5) is 14.4 Å². The number of nitrogens with zero attached hydrogens (tertiary/aromatic N) is 3. The summed E-state index contributed by atoms with van der Waals surface area (Å²) in [6.07, 6.45) is -0.694. The fourth-order valence-electron chi connectivity index (χ4n) is 6.35. The van der Waals surface area contributed by atoms with Crippen molar-refractivity contribution in [3.8, 4) is 0 Å². The predicted octanol–water partition coefficient (Wildman–Crippen LogP) is 4.50. The first-order valence-corrected chi connectivity index (χ1v) is 20.1. The number of aldehydes is 1. The lowest BCUT2D eigenvalue weighted by Crippen LogP contribution is -2.52. The van der Waals surface area contributed by atoms with Gasteiger partial charge in [-0.3, -0.25) is 30.5 Å². The van der Waals surface area contributed by atoms with Gasteiger partial charge < -0.3 is 35.0 Å². The minimum absolute atomic E-state index is 0.0374. The molecule has 0 unspecified atom stereocenters. The van der Waals surface area contributed by atoms with Gasteiger partial charge in [0.15, 0.2) is 5.96 Å². The molecular weight excluding hydrogens is 797 g/mol. The number of nitrogens with one attached hydrogen (secondary N) is 4. The molecule has 0 aliphatic carbocycles. The van der Waals surface area contributed by atoms with Crippen molar-refractivity contribution in [2.45, 2.75) is 70.1 Å². The summed E-state index contributed by atoms with van der Waals surface area (Å²) in [7, 11) is 0. The Bertz CT molecular complexity index is 2080. The van der Waals surface area contributed by atoms with Crippen LogP contribution in [0.25, 0.3) is 0 Å². The number of nitrogens with two attached hydrogens (primary N) is 1. The van der Waals surface area contributed by atoms with E-state index in [1.165, 1.54) is 4.90 Å². The van der Waals surface area contributed by atoms with E-state index in [4.69, 9.17) is 19.9 Å². The van der Waals surface area contributed by atoms with Gasteiger partial charge in [-0.05, 0) is 47.9 Å². The monoisotopic (exact) mass is 846 g/mol. The molecular formula is C45H50N8O9. The lowest BCUT2D eigenvalue weighted by atomic mass is 10.0. The zero-order valence-corrected chi connectivity index (χ0v) is 34.0. The van der Waals surface area contributed by atoms with Gasteiger partial charge in [-0.15, -0.1) is 0 Å². The average Bonchev–Trinajstić information content (AvgIpc) is 3.79. The number of hydrogen-bond acceptors (Lipinski definition) is 11.